The molecule has 0 saturated carbocycles. The quantitative estimate of drug-likeness (QED) is 0.237. The molecule has 6 nitrogen and oxygen atoms in total. The van der Waals surface area contributed by atoms with Crippen molar-refractivity contribution < 1.29 is 31.5 Å². The molecule has 1 aliphatic rings. The zero-order chi connectivity index (χ0) is 26.8. The lowest BCUT2D eigenvalue weighted by Crippen LogP contribution is -2.49. The van der Waals surface area contributed by atoms with E-state index in [4.69, 9.17) is 4.74 Å². The molecule has 2 aromatic rings. The first-order valence-corrected chi connectivity index (χ1v) is 15.8. The summed E-state index contributed by atoms with van der Waals surface area (Å²) in [5.74, 6) is -3.52. The average molecular weight is 595 g/mol. The van der Waals surface area contributed by atoms with Gasteiger partial charge in [0.25, 0.3) is 5.91 Å². The van der Waals surface area contributed by atoms with Crippen LogP contribution < -0.4 is 20.3 Å². The maximum Gasteiger partial charge on any atom is 0.417 e. The highest BCUT2D eigenvalue weighted by Gasteiger charge is 2.37. The summed E-state index contributed by atoms with van der Waals surface area (Å²) in [4.78, 5) is 18.5. The van der Waals surface area contributed by atoms with E-state index in [0.717, 1.165) is 12.3 Å². The van der Waals surface area contributed by atoms with E-state index >= 15 is 4.39 Å². The number of carbonyl (C=O) groups is 1. The second-order valence-corrected chi connectivity index (χ2v) is 16.3. The predicted octanol–water partition coefficient (Wildman–Crippen LogP) is 5.91. The highest BCUT2D eigenvalue weighted by Crippen LogP contribution is 2.38. The monoisotopic (exact) mass is 594 g/mol. The fourth-order valence-corrected chi connectivity index (χ4v) is 4.70. The third-order valence-electron chi connectivity index (χ3n) is 5.62. The first-order chi connectivity index (χ1) is 16.7. The molecule has 1 fully saturated rings. The molecule has 0 unspecified atom stereocenters. The van der Waals surface area contributed by atoms with Crippen LogP contribution in [-0.2, 0) is 6.18 Å². The van der Waals surface area contributed by atoms with Gasteiger partial charge in [0.05, 0.1) is 27.9 Å². The fourth-order valence-electron chi connectivity index (χ4n) is 3.68. The highest BCUT2D eigenvalue weighted by atomic mass is 79.9. The second kappa shape index (κ2) is 11.0. The molecule has 3 rings (SSSR count). The van der Waals surface area contributed by atoms with Crippen LogP contribution in [0, 0.1) is 11.6 Å². The number of rotatable bonds is 7. The molecular weight excluding hydrogens is 567 g/mol. The molecule has 0 aliphatic carbocycles. The number of benzene rings is 1. The van der Waals surface area contributed by atoms with Gasteiger partial charge in [0.15, 0.2) is 5.82 Å². The van der Waals surface area contributed by atoms with Gasteiger partial charge in [0.2, 0.25) is 5.88 Å². The van der Waals surface area contributed by atoms with Crippen molar-refractivity contribution in [2.75, 3.05) is 36.5 Å². The minimum absolute atomic E-state index is 0.00778. The lowest BCUT2D eigenvalue weighted by Gasteiger charge is -2.35. The van der Waals surface area contributed by atoms with Gasteiger partial charge in [-0.3, -0.25) is 4.79 Å². The molecule has 0 bridgehead atoms. The first kappa shape index (κ1) is 28.3. The number of hydrogen-bond acceptors (Lipinski definition) is 5. The Hall–Kier alpha value is -2.25. The number of nitrogens with one attached hydrogen (secondary N) is 2. The Balaban J connectivity index is 1.95. The summed E-state index contributed by atoms with van der Waals surface area (Å²) in [6, 6.07) is 2.41. The summed E-state index contributed by atoms with van der Waals surface area (Å²) in [6.07, 6.45) is -4.14. The number of aromatic nitrogens is 1. The van der Waals surface area contributed by atoms with Crippen LogP contribution in [0.25, 0.3) is 0 Å². The van der Waals surface area contributed by atoms with Gasteiger partial charge in [-0.2, -0.15) is 13.2 Å². The molecular formula is C23H28BrF5N4O2Si. The van der Waals surface area contributed by atoms with Gasteiger partial charge in [-0.15, -0.1) is 0 Å². The number of piperazine rings is 1. The van der Waals surface area contributed by atoms with Crippen molar-refractivity contribution in [3.05, 3.63) is 45.6 Å². The highest BCUT2D eigenvalue weighted by molar-refractivity contribution is 9.10. The Kier molecular flexibility index (Phi) is 8.66. The van der Waals surface area contributed by atoms with E-state index in [1.807, 2.05) is 6.92 Å². The van der Waals surface area contributed by atoms with Gasteiger partial charge in [-0.05, 0) is 28.9 Å². The largest absolute Gasteiger partial charge is 0.478 e. The Labute approximate surface area is 215 Å². The third-order valence-corrected chi connectivity index (χ3v) is 8.05. The molecule has 36 heavy (non-hydrogen) atoms. The van der Waals surface area contributed by atoms with Crippen LogP contribution in [0.1, 0.15) is 22.8 Å². The Morgan fingerprint density at radius 3 is 2.61 bits per heavy atom. The van der Waals surface area contributed by atoms with E-state index in [-0.39, 0.29) is 24.2 Å². The number of carbonyl (C=O) groups excluding carboxylic acids is 1. The molecule has 1 saturated heterocycles. The molecule has 198 valence electrons. The van der Waals surface area contributed by atoms with Crippen LogP contribution in [0.5, 0.6) is 5.88 Å². The summed E-state index contributed by atoms with van der Waals surface area (Å²) in [6.45, 7) is 9.66. The van der Waals surface area contributed by atoms with E-state index < -0.39 is 53.1 Å². The Morgan fingerprint density at radius 1 is 1.31 bits per heavy atom. The van der Waals surface area contributed by atoms with Crippen LogP contribution in [0.15, 0.2) is 22.8 Å². The number of pyridine rings is 1. The molecule has 1 atom stereocenters. The van der Waals surface area contributed by atoms with Crippen molar-refractivity contribution >= 4 is 41.3 Å². The van der Waals surface area contributed by atoms with E-state index in [1.165, 1.54) is 0 Å². The van der Waals surface area contributed by atoms with Gasteiger partial charge in [-0.25, -0.2) is 13.8 Å². The molecule has 2 heterocycles. The number of ether oxygens (including phenoxy) is 1. The van der Waals surface area contributed by atoms with E-state index in [2.05, 4.69) is 51.2 Å². The molecule has 1 aromatic carbocycles. The topological polar surface area (TPSA) is 66.5 Å². The van der Waals surface area contributed by atoms with Crippen molar-refractivity contribution in [3.8, 4) is 5.88 Å². The van der Waals surface area contributed by atoms with Crippen molar-refractivity contribution in [3.63, 3.8) is 0 Å². The van der Waals surface area contributed by atoms with Gasteiger partial charge in [-0.1, -0.05) is 19.6 Å². The first-order valence-electron chi connectivity index (χ1n) is 11.3. The lowest BCUT2D eigenvalue weighted by atomic mass is 10.1. The van der Waals surface area contributed by atoms with Gasteiger partial charge < -0.3 is 20.3 Å². The standard InChI is InChI=1S/C23H28BrF5N4O2Si/c1-13-12-33(6-5-30-13)17-10-16(25)19(24)20(26)21(17)32-22(34)14-11-31-18(9-15(14)23(27,28)29)35-7-8-36(2,3)4/h9-11,13,30H,5-8,12H2,1-4H3,(H,32,34)/t13-/m0/s1. The van der Waals surface area contributed by atoms with Gasteiger partial charge >= 0.3 is 6.18 Å². The van der Waals surface area contributed by atoms with Gasteiger partial charge in [0, 0.05) is 52.1 Å². The zero-order valence-electron chi connectivity index (χ0n) is 20.3. The van der Waals surface area contributed by atoms with Gasteiger partial charge in [0.1, 0.15) is 11.5 Å². The third kappa shape index (κ3) is 6.94. The molecule has 0 spiro atoms. The van der Waals surface area contributed by atoms with E-state index in [0.29, 0.717) is 31.7 Å². The normalized spacial score (nSPS) is 16.7. The van der Waals surface area contributed by atoms with E-state index in [9.17, 15) is 22.4 Å². The van der Waals surface area contributed by atoms with Crippen LogP contribution >= 0.6 is 15.9 Å². The Morgan fingerprint density at radius 2 is 2.00 bits per heavy atom. The molecule has 1 amide bonds. The van der Waals surface area contributed by atoms with Crippen molar-refractivity contribution in [2.24, 2.45) is 0 Å². The average Bonchev–Trinajstić information content (AvgIpc) is 2.77. The Bertz CT molecular complexity index is 1130. The predicted molar refractivity (Wildman–Crippen MR) is 135 cm³/mol. The van der Waals surface area contributed by atoms with Crippen molar-refractivity contribution in [1.29, 1.82) is 0 Å². The zero-order valence-corrected chi connectivity index (χ0v) is 22.9. The lowest BCUT2D eigenvalue weighted by molar-refractivity contribution is -0.138. The number of alkyl halides is 3. The van der Waals surface area contributed by atoms with Crippen molar-refractivity contribution in [1.82, 2.24) is 10.3 Å². The smallest absolute Gasteiger partial charge is 0.417 e. The van der Waals surface area contributed by atoms with Crippen molar-refractivity contribution in [2.45, 2.75) is 44.8 Å². The number of nitrogens with zero attached hydrogens (tertiary/aromatic N) is 2. The summed E-state index contributed by atoms with van der Waals surface area (Å²) >= 11 is 2.80. The SMILES string of the molecule is C[C@H]1CN(c2cc(F)c(Br)c(F)c2NC(=O)c2cnc(OCC[Si](C)(C)C)cc2C(F)(F)F)CCN1. The van der Waals surface area contributed by atoms with Crippen LogP contribution in [0.2, 0.25) is 25.7 Å². The molecule has 2 N–H and O–H groups in total. The summed E-state index contributed by atoms with van der Waals surface area (Å²) < 4.78 is 75.8. The summed E-state index contributed by atoms with van der Waals surface area (Å²) in [5, 5.41) is 5.41. The van der Waals surface area contributed by atoms with Crippen LogP contribution in [0.4, 0.5) is 33.3 Å². The van der Waals surface area contributed by atoms with Crippen LogP contribution in [0.3, 0.4) is 0 Å². The molecule has 1 aromatic heterocycles. The fraction of sp³-hybridized carbons (Fsp3) is 0.478. The summed E-state index contributed by atoms with van der Waals surface area (Å²) in [7, 11) is -1.48. The molecule has 13 heteroatoms. The number of halogens is 6. The maximum absolute atomic E-state index is 15.1. The maximum atomic E-state index is 15.1. The number of anilines is 2. The summed E-state index contributed by atoms with van der Waals surface area (Å²) in [5.41, 5.74) is -2.47. The molecule has 0 radical (unpaired) electrons. The number of amides is 1. The van der Waals surface area contributed by atoms with Crippen LogP contribution in [-0.4, -0.2) is 51.2 Å². The minimum atomic E-state index is -4.90. The minimum Gasteiger partial charge on any atom is -0.478 e. The molecule has 1 aliphatic heterocycles. The van der Waals surface area contributed by atoms with E-state index in [1.54, 1.807) is 4.90 Å². The second-order valence-electron chi connectivity index (χ2n) is 9.86. The number of hydrogen-bond donors (Lipinski definition) is 2.